The number of carboxylic acid groups (broad SMARTS) is 1. The maximum absolute atomic E-state index is 12.7. The smallest absolute Gasteiger partial charge is 0.303 e. The summed E-state index contributed by atoms with van der Waals surface area (Å²) < 4.78 is 12.6. The van der Waals surface area contributed by atoms with Crippen molar-refractivity contribution in [3.05, 3.63) is 33.8 Å². The minimum Gasteiger partial charge on any atom is -0.493 e. The van der Waals surface area contributed by atoms with Crippen molar-refractivity contribution in [3.8, 4) is 11.5 Å². The molecule has 2 N–H and O–H groups in total. The van der Waals surface area contributed by atoms with Crippen molar-refractivity contribution in [2.75, 3.05) is 13.7 Å². The number of ether oxygens (including phenoxy) is 2. The second kappa shape index (κ2) is 7.08. The molecule has 7 nitrogen and oxygen atoms in total. The van der Waals surface area contributed by atoms with Crippen molar-refractivity contribution < 1.29 is 29.3 Å². The van der Waals surface area contributed by atoms with E-state index < -0.39 is 17.5 Å². The second-order valence-electron chi connectivity index (χ2n) is 7.51. The predicted molar refractivity (Wildman–Crippen MR) is 103 cm³/mol. The van der Waals surface area contributed by atoms with Gasteiger partial charge in [-0.05, 0) is 18.1 Å². The molecule has 0 saturated heterocycles. The molecule has 2 unspecified atom stereocenters. The Balaban J connectivity index is 1.79. The summed E-state index contributed by atoms with van der Waals surface area (Å²) in [7, 11) is 1.59. The Labute approximate surface area is 171 Å². The Kier molecular flexibility index (Phi) is 4.87. The summed E-state index contributed by atoms with van der Waals surface area (Å²) in [5, 5.41) is 19.0. The lowest BCUT2D eigenvalue weighted by atomic mass is 9.69. The number of rotatable bonds is 4. The van der Waals surface area contributed by atoms with E-state index in [2.05, 4.69) is 15.9 Å². The van der Waals surface area contributed by atoms with Gasteiger partial charge in [-0.15, -0.1) is 0 Å². The van der Waals surface area contributed by atoms with Crippen molar-refractivity contribution in [1.82, 2.24) is 4.90 Å². The number of halogens is 1. The molecular weight excluding hydrogens is 430 g/mol. The molecule has 2 aliphatic heterocycles. The van der Waals surface area contributed by atoms with Crippen LogP contribution in [-0.2, 0) is 21.5 Å². The quantitative estimate of drug-likeness (QED) is 0.682. The van der Waals surface area contributed by atoms with Crippen LogP contribution >= 0.6 is 15.9 Å². The molecule has 0 saturated carbocycles. The number of aliphatic carboxylic acids is 1. The first-order valence-corrected chi connectivity index (χ1v) is 10.1. The van der Waals surface area contributed by atoms with Gasteiger partial charge in [0.2, 0.25) is 5.91 Å². The van der Waals surface area contributed by atoms with Crippen LogP contribution in [0.15, 0.2) is 22.7 Å². The Hall–Kier alpha value is -2.06. The van der Waals surface area contributed by atoms with E-state index in [-0.39, 0.29) is 24.9 Å². The van der Waals surface area contributed by atoms with Crippen LogP contribution in [0.5, 0.6) is 11.5 Å². The van der Waals surface area contributed by atoms with E-state index in [1.165, 1.54) is 0 Å². The Morgan fingerprint density at radius 1 is 1.43 bits per heavy atom. The van der Waals surface area contributed by atoms with E-state index in [1.54, 1.807) is 18.1 Å². The fourth-order valence-electron chi connectivity index (χ4n) is 4.55. The van der Waals surface area contributed by atoms with E-state index in [0.717, 1.165) is 15.6 Å². The largest absolute Gasteiger partial charge is 0.493 e. The molecule has 150 valence electrons. The second-order valence-corrected chi connectivity index (χ2v) is 8.37. The zero-order chi connectivity index (χ0) is 20.1. The minimum atomic E-state index is -0.980. The van der Waals surface area contributed by atoms with Crippen molar-refractivity contribution in [1.29, 1.82) is 0 Å². The molecule has 28 heavy (non-hydrogen) atoms. The van der Waals surface area contributed by atoms with E-state index in [1.807, 2.05) is 12.1 Å². The number of benzene rings is 1. The highest BCUT2D eigenvalue weighted by Crippen LogP contribution is 2.57. The average molecular weight is 452 g/mol. The molecule has 3 aliphatic rings. The molecule has 1 aliphatic carbocycles. The third-order valence-corrected chi connectivity index (χ3v) is 6.65. The highest BCUT2D eigenvalue weighted by Gasteiger charge is 2.53. The molecule has 0 aromatic heterocycles. The number of nitrogens with zero attached hydrogens (tertiary/aromatic N) is 1. The molecule has 8 heteroatoms. The van der Waals surface area contributed by atoms with Crippen LogP contribution in [0.1, 0.15) is 36.8 Å². The summed E-state index contributed by atoms with van der Waals surface area (Å²) >= 11 is 3.62. The highest BCUT2D eigenvalue weighted by molar-refractivity contribution is 9.10. The van der Waals surface area contributed by atoms with Gasteiger partial charge < -0.3 is 24.6 Å². The minimum absolute atomic E-state index is 0.0211. The van der Waals surface area contributed by atoms with Crippen LogP contribution in [0.4, 0.5) is 0 Å². The number of methoxy groups -OCH3 is 1. The average Bonchev–Trinajstić information content (AvgIpc) is 2.87. The zero-order valence-corrected chi connectivity index (χ0v) is 17.1. The van der Waals surface area contributed by atoms with Gasteiger partial charge in [0.05, 0.1) is 25.0 Å². The van der Waals surface area contributed by atoms with Gasteiger partial charge in [-0.25, -0.2) is 0 Å². The Morgan fingerprint density at radius 3 is 2.93 bits per heavy atom. The maximum atomic E-state index is 12.7. The molecule has 1 spiro atoms. The van der Waals surface area contributed by atoms with Crippen molar-refractivity contribution >= 4 is 27.8 Å². The first kappa shape index (κ1) is 19.3. The third-order valence-electron chi connectivity index (χ3n) is 5.94. The van der Waals surface area contributed by atoms with Crippen LogP contribution in [0.2, 0.25) is 0 Å². The Morgan fingerprint density at radius 2 is 2.21 bits per heavy atom. The highest BCUT2D eigenvalue weighted by atomic mass is 79.9. The molecule has 0 radical (unpaired) electrons. The van der Waals surface area contributed by atoms with Gasteiger partial charge in [-0.1, -0.05) is 28.1 Å². The summed E-state index contributed by atoms with van der Waals surface area (Å²) in [6.07, 6.45) is 3.91. The number of hydrogen-bond donors (Lipinski definition) is 2. The molecular formula is C20H22BrNO6. The summed E-state index contributed by atoms with van der Waals surface area (Å²) in [5.74, 6) is 0.136. The van der Waals surface area contributed by atoms with Gasteiger partial charge in [-0.2, -0.15) is 0 Å². The summed E-state index contributed by atoms with van der Waals surface area (Å²) in [6.45, 7) is 0.862. The molecule has 1 aromatic rings. The molecule has 1 aromatic carbocycles. The van der Waals surface area contributed by atoms with Gasteiger partial charge in [0.25, 0.3) is 0 Å². The molecule has 3 atom stereocenters. The fraction of sp³-hybridized carbons (Fsp3) is 0.500. The van der Waals surface area contributed by atoms with Gasteiger partial charge in [0.1, 0.15) is 6.10 Å². The summed E-state index contributed by atoms with van der Waals surface area (Å²) in [6, 6.07) is 1.84. The summed E-state index contributed by atoms with van der Waals surface area (Å²) in [5.41, 5.74) is 1.50. The first-order chi connectivity index (χ1) is 13.4. The predicted octanol–water partition coefficient (Wildman–Crippen LogP) is 2.37. The lowest BCUT2D eigenvalue weighted by Gasteiger charge is -2.35. The van der Waals surface area contributed by atoms with E-state index in [9.17, 15) is 14.7 Å². The van der Waals surface area contributed by atoms with Crippen molar-refractivity contribution in [2.24, 2.45) is 0 Å². The fourth-order valence-corrected chi connectivity index (χ4v) is 5.08. The van der Waals surface area contributed by atoms with Gasteiger partial charge in [0, 0.05) is 36.0 Å². The van der Waals surface area contributed by atoms with Gasteiger partial charge in [-0.3, -0.25) is 9.59 Å². The van der Waals surface area contributed by atoms with Gasteiger partial charge >= 0.3 is 5.97 Å². The number of carbonyl (C=O) groups excluding carboxylic acids is 1. The molecule has 4 rings (SSSR count). The lowest BCUT2D eigenvalue weighted by molar-refractivity contribution is -0.141. The van der Waals surface area contributed by atoms with E-state index in [0.29, 0.717) is 37.4 Å². The SMILES string of the molecule is COc1cc(Br)c2c3c1O[C@@H]1CC(O)C=CC31CCN(C(=O)CCC(=O)O)C2. The monoisotopic (exact) mass is 451 g/mol. The van der Waals surface area contributed by atoms with Crippen LogP contribution < -0.4 is 9.47 Å². The normalized spacial score (nSPS) is 27.5. The molecule has 1 amide bonds. The molecule has 0 bridgehead atoms. The first-order valence-electron chi connectivity index (χ1n) is 9.29. The standard InChI is InChI=1S/C20H22BrNO6/c1-27-14-9-13(21)12-10-22(16(24)2-3-17(25)26)7-6-20-5-4-11(23)8-15(20)28-19(14)18(12)20/h4-5,9,11,15,23H,2-3,6-8,10H2,1H3,(H,25,26)/t11?,15-,20?/m1/s1. The van der Waals surface area contributed by atoms with Crippen LogP contribution in [0, 0.1) is 0 Å². The molecule has 0 fully saturated rings. The van der Waals surface area contributed by atoms with Gasteiger partial charge in [0.15, 0.2) is 11.5 Å². The van der Waals surface area contributed by atoms with Crippen molar-refractivity contribution in [3.63, 3.8) is 0 Å². The number of amides is 1. The zero-order valence-electron chi connectivity index (χ0n) is 15.5. The molecule has 2 heterocycles. The number of hydrogen-bond acceptors (Lipinski definition) is 5. The number of aliphatic hydroxyl groups excluding tert-OH is 1. The Bertz CT molecular complexity index is 869. The van der Waals surface area contributed by atoms with E-state index >= 15 is 0 Å². The topological polar surface area (TPSA) is 96.3 Å². The lowest BCUT2D eigenvalue weighted by Crippen LogP contribution is -2.43. The summed E-state index contributed by atoms with van der Waals surface area (Å²) in [4.78, 5) is 25.2. The van der Waals surface area contributed by atoms with Crippen LogP contribution in [0.3, 0.4) is 0 Å². The third kappa shape index (κ3) is 2.99. The van der Waals surface area contributed by atoms with Crippen molar-refractivity contribution in [2.45, 2.75) is 49.9 Å². The number of carbonyl (C=O) groups is 2. The van der Waals surface area contributed by atoms with E-state index in [4.69, 9.17) is 14.6 Å². The van der Waals surface area contributed by atoms with Crippen LogP contribution in [0.25, 0.3) is 0 Å². The van der Waals surface area contributed by atoms with Crippen LogP contribution in [-0.4, -0.2) is 52.9 Å². The number of carboxylic acids is 1. The maximum Gasteiger partial charge on any atom is 0.303 e. The number of aliphatic hydroxyl groups is 1.